The van der Waals surface area contributed by atoms with E-state index in [2.05, 4.69) is 11.4 Å². The number of aryl methyl sites for hydroxylation is 1. The van der Waals surface area contributed by atoms with Crippen molar-refractivity contribution in [2.24, 2.45) is 5.73 Å². The monoisotopic (exact) mass is 393 g/mol. The van der Waals surface area contributed by atoms with Crippen LogP contribution >= 0.6 is 0 Å². The highest BCUT2D eigenvalue weighted by molar-refractivity contribution is 5.98. The van der Waals surface area contributed by atoms with Crippen molar-refractivity contribution in [3.8, 4) is 0 Å². The van der Waals surface area contributed by atoms with E-state index in [9.17, 15) is 9.59 Å². The predicted molar refractivity (Wildman–Crippen MR) is 113 cm³/mol. The zero-order valence-corrected chi connectivity index (χ0v) is 16.5. The van der Waals surface area contributed by atoms with Gasteiger partial charge in [-0.3, -0.25) is 9.59 Å². The van der Waals surface area contributed by atoms with Gasteiger partial charge >= 0.3 is 0 Å². The van der Waals surface area contributed by atoms with E-state index in [4.69, 9.17) is 10.5 Å². The number of ether oxygens (including phenoxy) is 1. The number of rotatable bonds is 4. The molecule has 0 radical (unpaired) electrons. The minimum atomic E-state index is -0.880. The number of benzene rings is 2. The van der Waals surface area contributed by atoms with Crippen molar-refractivity contribution in [3.05, 3.63) is 59.7 Å². The molecule has 2 aromatic carbocycles. The van der Waals surface area contributed by atoms with E-state index in [1.165, 1.54) is 5.56 Å². The van der Waals surface area contributed by atoms with E-state index in [1.807, 2.05) is 47.4 Å². The quantitative estimate of drug-likeness (QED) is 0.836. The molecule has 0 saturated carbocycles. The predicted octanol–water partition coefficient (Wildman–Crippen LogP) is 2.65. The number of hydrogen-bond acceptors (Lipinski definition) is 4. The van der Waals surface area contributed by atoms with E-state index >= 15 is 0 Å². The van der Waals surface area contributed by atoms with Crippen LogP contribution in [-0.4, -0.2) is 37.1 Å². The Labute approximate surface area is 171 Å². The summed E-state index contributed by atoms with van der Waals surface area (Å²) in [5, 5.41) is 2.89. The second-order valence-electron chi connectivity index (χ2n) is 7.87. The molecule has 1 saturated heterocycles. The Kier molecular flexibility index (Phi) is 5.65. The summed E-state index contributed by atoms with van der Waals surface area (Å²) in [6.45, 7) is 1.77. The second-order valence-corrected chi connectivity index (χ2v) is 7.87. The SMILES string of the molecule is NC1(C(=O)Nc2ccc(CC(=O)N3CCCc4ccccc43)cc2)CCOCC1. The highest BCUT2D eigenvalue weighted by Crippen LogP contribution is 2.27. The summed E-state index contributed by atoms with van der Waals surface area (Å²) in [6, 6.07) is 15.5. The highest BCUT2D eigenvalue weighted by Gasteiger charge is 2.35. The number of nitrogens with one attached hydrogen (secondary N) is 1. The fraction of sp³-hybridized carbons (Fsp3) is 0.391. The van der Waals surface area contributed by atoms with E-state index in [1.54, 1.807) is 0 Å². The first kappa shape index (κ1) is 19.6. The third-order valence-electron chi connectivity index (χ3n) is 5.82. The molecule has 0 spiro atoms. The molecule has 29 heavy (non-hydrogen) atoms. The fourth-order valence-electron chi connectivity index (χ4n) is 3.99. The lowest BCUT2D eigenvalue weighted by Gasteiger charge is -2.31. The molecule has 2 heterocycles. The molecule has 1 fully saturated rings. The maximum Gasteiger partial charge on any atom is 0.244 e. The van der Waals surface area contributed by atoms with Crippen molar-refractivity contribution in [1.29, 1.82) is 0 Å². The third-order valence-corrected chi connectivity index (χ3v) is 5.82. The average Bonchev–Trinajstić information content (AvgIpc) is 2.75. The Bertz CT molecular complexity index is 888. The lowest BCUT2D eigenvalue weighted by atomic mass is 9.90. The Morgan fingerprint density at radius 1 is 1.07 bits per heavy atom. The first-order valence-electron chi connectivity index (χ1n) is 10.2. The molecule has 0 aliphatic carbocycles. The van der Waals surface area contributed by atoms with Gasteiger partial charge in [0.2, 0.25) is 11.8 Å². The van der Waals surface area contributed by atoms with Crippen LogP contribution in [-0.2, 0) is 27.2 Å². The van der Waals surface area contributed by atoms with Gasteiger partial charge in [0, 0.05) is 31.1 Å². The molecule has 0 bridgehead atoms. The van der Waals surface area contributed by atoms with E-state index in [-0.39, 0.29) is 11.8 Å². The van der Waals surface area contributed by atoms with Gasteiger partial charge in [0.1, 0.15) is 5.54 Å². The number of nitrogens with two attached hydrogens (primary N) is 1. The van der Waals surface area contributed by atoms with Gasteiger partial charge in [-0.05, 0) is 55.0 Å². The first-order chi connectivity index (χ1) is 14.0. The first-order valence-corrected chi connectivity index (χ1v) is 10.2. The number of para-hydroxylation sites is 1. The highest BCUT2D eigenvalue weighted by atomic mass is 16.5. The smallest absolute Gasteiger partial charge is 0.244 e. The third kappa shape index (κ3) is 4.33. The van der Waals surface area contributed by atoms with Gasteiger partial charge in [0.15, 0.2) is 0 Å². The van der Waals surface area contributed by atoms with Crippen molar-refractivity contribution in [2.75, 3.05) is 30.0 Å². The van der Waals surface area contributed by atoms with Gasteiger partial charge in [-0.2, -0.15) is 0 Å². The summed E-state index contributed by atoms with van der Waals surface area (Å²) in [7, 11) is 0. The van der Waals surface area contributed by atoms with Crippen LogP contribution in [0.25, 0.3) is 0 Å². The van der Waals surface area contributed by atoms with Gasteiger partial charge in [-0.15, -0.1) is 0 Å². The standard InChI is InChI=1S/C23H27N3O3/c24-23(11-14-29-15-12-23)22(28)25-19-9-7-17(8-10-19)16-21(27)26-13-3-5-18-4-1-2-6-20(18)26/h1-2,4,6-10H,3,5,11-16,24H2,(H,25,28). The molecule has 0 unspecified atom stereocenters. The van der Waals surface area contributed by atoms with Crippen LogP contribution in [0.1, 0.15) is 30.4 Å². The molecular formula is C23H27N3O3. The molecule has 6 nitrogen and oxygen atoms in total. The minimum absolute atomic E-state index is 0.0945. The molecule has 2 aliphatic heterocycles. The van der Waals surface area contributed by atoms with Crippen molar-refractivity contribution >= 4 is 23.2 Å². The van der Waals surface area contributed by atoms with Crippen LogP contribution in [0.4, 0.5) is 11.4 Å². The van der Waals surface area contributed by atoms with E-state index < -0.39 is 5.54 Å². The van der Waals surface area contributed by atoms with Crippen LogP contribution in [0.2, 0.25) is 0 Å². The number of anilines is 2. The Hall–Kier alpha value is -2.70. The number of hydrogen-bond donors (Lipinski definition) is 2. The number of carbonyl (C=O) groups excluding carboxylic acids is 2. The Balaban J connectivity index is 1.39. The number of amides is 2. The molecule has 2 aliphatic rings. The van der Waals surface area contributed by atoms with Crippen molar-refractivity contribution < 1.29 is 14.3 Å². The summed E-state index contributed by atoms with van der Waals surface area (Å²) in [4.78, 5) is 27.3. The number of fused-ring (bicyclic) bond motifs is 1. The largest absolute Gasteiger partial charge is 0.381 e. The maximum atomic E-state index is 12.9. The van der Waals surface area contributed by atoms with Crippen LogP contribution in [0.15, 0.2) is 48.5 Å². The van der Waals surface area contributed by atoms with Gasteiger partial charge < -0.3 is 20.7 Å². The summed E-state index contributed by atoms with van der Waals surface area (Å²) in [6.07, 6.45) is 3.37. The molecule has 2 amide bonds. The van der Waals surface area contributed by atoms with Gasteiger partial charge in [-0.25, -0.2) is 0 Å². The van der Waals surface area contributed by atoms with Gasteiger partial charge in [-0.1, -0.05) is 30.3 Å². The van der Waals surface area contributed by atoms with Gasteiger partial charge in [0.25, 0.3) is 0 Å². The lowest BCUT2D eigenvalue weighted by molar-refractivity contribution is -0.124. The minimum Gasteiger partial charge on any atom is -0.381 e. The van der Waals surface area contributed by atoms with Crippen LogP contribution in [0.5, 0.6) is 0 Å². The molecule has 3 N–H and O–H groups in total. The topological polar surface area (TPSA) is 84.7 Å². The second kappa shape index (κ2) is 8.35. The fourth-order valence-corrected chi connectivity index (χ4v) is 3.99. The maximum absolute atomic E-state index is 12.9. The van der Waals surface area contributed by atoms with E-state index in [0.29, 0.717) is 38.2 Å². The Morgan fingerprint density at radius 2 is 1.79 bits per heavy atom. The van der Waals surface area contributed by atoms with Crippen LogP contribution in [0.3, 0.4) is 0 Å². The summed E-state index contributed by atoms with van der Waals surface area (Å²) in [5.41, 5.74) is 9.21. The van der Waals surface area contributed by atoms with Crippen molar-refractivity contribution in [2.45, 2.75) is 37.6 Å². The molecule has 0 atom stereocenters. The summed E-state index contributed by atoms with van der Waals surface area (Å²) < 4.78 is 5.29. The van der Waals surface area contributed by atoms with Crippen LogP contribution in [0, 0.1) is 0 Å². The number of carbonyl (C=O) groups is 2. The van der Waals surface area contributed by atoms with Crippen molar-refractivity contribution in [1.82, 2.24) is 0 Å². The zero-order valence-electron chi connectivity index (χ0n) is 16.5. The van der Waals surface area contributed by atoms with Gasteiger partial charge in [0.05, 0.1) is 6.42 Å². The Morgan fingerprint density at radius 3 is 2.55 bits per heavy atom. The van der Waals surface area contributed by atoms with E-state index in [0.717, 1.165) is 30.6 Å². The average molecular weight is 393 g/mol. The molecule has 4 rings (SSSR count). The van der Waals surface area contributed by atoms with Crippen molar-refractivity contribution in [3.63, 3.8) is 0 Å². The molecule has 2 aromatic rings. The lowest BCUT2D eigenvalue weighted by Crippen LogP contribution is -2.54. The summed E-state index contributed by atoms with van der Waals surface area (Å²) in [5.74, 6) is -0.0911. The van der Waals surface area contributed by atoms with Crippen LogP contribution < -0.4 is 16.0 Å². The zero-order chi connectivity index (χ0) is 20.3. The summed E-state index contributed by atoms with van der Waals surface area (Å²) >= 11 is 0. The molecular weight excluding hydrogens is 366 g/mol. The normalized spacial score (nSPS) is 18.0. The number of nitrogens with zero attached hydrogens (tertiary/aromatic N) is 1. The molecule has 152 valence electrons. The molecule has 0 aromatic heterocycles. The molecule has 6 heteroatoms.